The van der Waals surface area contributed by atoms with Crippen molar-refractivity contribution in [2.24, 2.45) is 5.73 Å². The fourth-order valence-electron chi connectivity index (χ4n) is 1.31. The van der Waals surface area contributed by atoms with E-state index in [9.17, 15) is 9.59 Å². The van der Waals surface area contributed by atoms with Gasteiger partial charge in [0.05, 0.1) is 30.4 Å². The fraction of sp³-hybridized carbons (Fsp3) is 0.273. The molecule has 4 N–H and O–H groups in total. The molecule has 0 bridgehead atoms. The zero-order valence-electron chi connectivity index (χ0n) is 10.1. The van der Waals surface area contributed by atoms with Gasteiger partial charge in [0.2, 0.25) is 11.8 Å². The summed E-state index contributed by atoms with van der Waals surface area (Å²) >= 11 is 9.16. The van der Waals surface area contributed by atoms with E-state index in [0.717, 1.165) is 0 Å². The van der Waals surface area contributed by atoms with Crippen molar-refractivity contribution in [1.82, 2.24) is 5.32 Å². The van der Waals surface area contributed by atoms with Crippen LogP contribution in [0.1, 0.15) is 0 Å². The molecular weight excluding hydrogens is 337 g/mol. The standard InChI is InChI=1S/C11H13BrClN3O3/c1-19-11-7(12)2-6(13)3-8(11)16-10(18)5-15-9(17)4-14/h2-3H,4-5,14H2,1H3,(H,15,17)(H,16,18). The van der Waals surface area contributed by atoms with Gasteiger partial charge in [-0.3, -0.25) is 9.59 Å². The van der Waals surface area contributed by atoms with E-state index in [1.54, 1.807) is 12.1 Å². The van der Waals surface area contributed by atoms with E-state index in [4.69, 9.17) is 22.1 Å². The van der Waals surface area contributed by atoms with Crippen molar-refractivity contribution < 1.29 is 14.3 Å². The number of rotatable bonds is 5. The number of anilines is 1. The minimum atomic E-state index is -0.408. The number of nitrogens with two attached hydrogens (primary N) is 1. The van der Waals surface area contributed by atoms with Crippen LogP contribution in [0.15, 0.2) is 16.6 Å². The summed E-state index contributed by atoms with van der Waals surface area (Å²) in [5.74, 6) is -0.369. The van der Waals surface area contributed by atoms with Crippen LogP contribution in [-0.4, -0.2) is 32.0 Å². The predicted octanol–water partition coefficient (Wildman–Crippen LogP) is 1.12. The van der Waals surface area contributed by atoms with Gasteiger partial charge in [-0.1, -0.05) is 11.6 Å². The molecule has 19 heavy (non-hydrogen) atoms. The summed E-state index contributed by atoms with van der Waals surface area (Å²) in [5.41, 5.74) is 5.52. The van der Waals surface area contributed by atoms with E-state index in [-0.39, 0.29) is 13.1 Å². The Balaban J connectivity index is 2.76. The molecule has 104 valence electrons. The first-order valence-corrected chi connectivity index (χ1v) is 6.44. The zero-order valence-corrected chi connectivity index (χ0v) is 12.5. The van der Waals surface area contributed by atoms with Crippen LogP contribution in [0.25, 0.3) is 0 Å². The number of nitrogens with one attached hydrogen (secondary N) is 2. The Kier molecular flexibility index (Phi) is 6.07. The molecule has 0 aliphatic rings. The first-order chi connectivity index (χ1) is 8.97. The molecule has 0 fully saturated rings. The minimum absolute atomic E-state index is 0.167. The second-order valence-corrected chi connectivity index (χ2v) is 4.79. The van der Waals surface area contributed by atoms with Gasteiger partial charge in [-0.15, -0.1) is 0 Å². The summed E-state index contributed by atoms with van der Waals surface area (Å²) in [6.45, 7) is -0.345. The third kappa shape index (κ3) is 4.70. The van der Waals surface area contributed by atoms with E-state index in [1.807, 2.05) is 0 Å². The molecule has 0 aromatic heterocycles. The Bertz CT molecular complexity index is 496. The number of methoxy groups -OCH3 is 1. The number of amides is 2. The lowest BCUT2D eigenvalue weighted by atomic mass is 10.3. The smallest absolute Gasteiger partial charge is 0.243 e. The predicted molar refractivity (Wildman–Crippen MR) is 76.4 cm³/mol. The van der Waals surface area contributed by atoms with E-state index in [2.05, 4.69) is 26.6 Å². The van der Waals surface area contributed by atoms with E-state index < -0.39 is 11.8 Å². The Morgan fingerprint density at radius 3 is 2.68 bits per heavy atom. The fourth-order valence-corrected chi connectivity index (χ4v) is 2.28. The molecule has 1 rings (SSSR count). The molecule has 1 aromatic rings. The van der Waals surface area contributed by atoms with Crippen molar-refractivity contribution in [2.75, 3.05) is 25.5 Å². The quantitative estimate of drug-likeness (QED) is 0.742. The lowest BCUT2D eigenvalue weighted by Crippen LogP contribution is -2.36. The minimum Gasteiger partial charge on any atom is -0.493 e. The molecule has 2 amide bonds. The Morgan fingerprint density at radius 1 is 1.42 bits per heavy atom. The lowest BCUT2D eigenvalue weighted by Gasteiger charge is -2.12. The number of ether oxygens (including phenoxy) is 1. The second-order valence-electron chi connectivity index (χ2n) is 3.50. The molecule has 0 radical (unpaired) electrons. The van der Waals surface area contributed by atoms with Crippen LogP contribution in [0, 0.1) is 0 Å². The third-order valence-corrected chi connectivity index (χ3v) is 2.93. The zero-order chi connectivity index (χ0) is 14.4. The van der Waals surface area contributed by atoms with Crippen molar-refractivity contribution in [3.05, 3.63) is 21.6 Å². The summed E-state index contributed by atoms with van der Waals surface area (Å²) in [6.07, 6.45) is 0. The van der Waals surface area contributed by atoms with Gasteiger partial charge in [-0.25, -0.2) is 0 Å². The number of hydrogen-bond donors (Lipinski definition) is 3. The molecule has 0 aliphatic heterocycles. The van der Waals surface area contributed by atoms with E-state index in [1.165, 1.54) is 7.11 Å². The van der Waals surface area contributed by atoms with Gasteiger partial charge in [0.1, 0.15) is 0 Å². The normalized spacial score (nSPS) is 9.89. The van der Waals surface area contributed by atoms with E-state index >= 15 is 0 Å². The van der Waals surface area contributed by atoms with Gasteiger partial charge in [0.15, 0.2) is 5.75 Å². The largest absolute Gasteiger partial charge is 0.493 e. The summed E-state index contributed by atoms with van der Waals surface area (Å²) in [4.78, 5) is 22.6. The molecule has 8 heteroatoms. The highest BCUT2D eigenvalue weighted by Crippen LogP contribution is 2.36. The van der Waals surface area contributed by atoms with Crippen LogP contribution in [0.3, 0.4) is 0 Å². The second kappa shape index (κ2) is 7.32. The number of hydrogen-bond acceptors (Lipinski definition) is 4. The highest BCUT2D eigenvalue weighted by atomic mass is 79.9. The average molecular weight is 351 g/mol. The number of carbonyl (C=O) groups excluding carboxylic acids is 2. The molecule has 0 unspecified atom stereocenters. The topological polar surface area (TPSA) is 93.5 Å². The SMILES string of the molecule is COc1c(Br)cc(Cl)cc1NC(=O)CNC(=O)CN. The van der Waals surface area contributed by atoms with Gasteiger partial charge in [0, 0.05) is 5.02 Å². The van der Waals surface area contributed by atoms with Crippen LogP contribution in [0.4, 0.5) is 5.69 Å². The maximum absolute atomic E-state index is 11.6. The third-order valence-electron chi connectivity index (χ3n) is 2.12. The van der Waals surface area contributed by atoms with Crippen molar-refractivity contribution in [1.29, 1.82) is 0 Å². The molecule has 0 heterocycles. The Hall–Kier alpha value is -1.31. The van der Waals surface area contributed by atoms with Gasteiger partial charge in [-0.05, 0) is 28.1 Å². The van der Waals surface area contributed by atoms with Crippen LogP contribution in [0.5, 0.6) is 5.75 Å². The first kappa shape index (κ1) is 15.7. The van der Waals surface area contributed by atoms with Gasteiger partial charge >= 0.3 is 0 Å². The molecule has 0 saturated heterocycles. The van der Waals surface area contributed by atoms with Gasteiger partial charge < -0.3 is 21.1 Å². The number of halogens is 2. The van der Waals surface area contributed by atoms with Crippen LogP contribution < -0.4 is 21.1 Å². The molecule has 0 spiro atoms. The first-order valence-electron chi connectivity index (χ1n) is 5.27. The lowest BCUT2D eigenvalue weighted by molar-refractivity contribution is -0.123. The molecule has 0 saturated carbocycles. The maximum atomic E-state index is 11.6. The maximum Gasteiger partial charge on any atom is 0.243 e. The molecule has 0 aliphatic carbocycles. The highest BCUT2D eigenvalue weighted by Gasteiger charge is 2.12. The van der Waals surface area contributed by atoms with Crippen molar-refractivity contribution in [2.45, 2.75) is 0 Å². The van der Waals surface area contributed by atoms with Crippen LogP contribution in [-0.2, 0) is 9.59 Å². The molecular formula is C11H13BrClN3O3. The Labute approximate surface area is 123 Å². The monoisotopic (exact) mass is 349 g/mol. The van der Waals surface area contributed by atoms with E-state index in [0.29, 0.717) is 20.9 Å². The van der Waals surface area contributed by atoms with Crippen LogP contribution >= 0.6 is 27.5 Å². The van der Waals surface area contributed by atoms with Crippen LogP contribution in [0.2, 0.25) is 5.02 Å². The summed E-state index contributed by atoms with van der Waals surface area (Å²) < 4.78 is 5.77. The summed E-state index contributed by atoms with van der Waals surface area (Å²) in [7, 11) is 1.47. The van der Waals surface area contributed by atoms with Gasteiger partial charge in [0.25, 0.3) is 0 Å². The van der Waals surface area contributed by atoms with Gasteiger partial charge in [-0.2, -0.15) is 0 Å². The number of carbonyl (C=O) groups is 2. The summed E-state index contributed by atoms with van der Waals surface area (Å²) in [6, 6.07) is 3.19. The summed E-state index contributed by atoms with van der Waals surface area (Å²) in [5, 5.41) is 5.39. The highest BCUT2D eigenvalue weighted by molar-refractivity contribution is 9.10. The van der Waals surface area contributed by atoms with Crippen molar-refractivity contribution in [3.8, 4) is 5.75 Å². The Morgan fingerprint density at radius 2 is 2.11 bits per heavy atom. The molecule has 1 aromatic carbocycles. The number of benzene rings is 1. The van der Waals surface area contributed by atoms with Crippen molar-refractivity contribution >= 4 is 45.0 Å². The van der Waals surface area contributed by atoms with Crippen molar-refractivity contribution in [3.63, 3.8) is 0 Å². The molecule has 0 atom stereocenters. The molecule has 6 nitrogen and oxygen atoms in total. The average Bonchev–Trinajstić information content (AvgIpc) is 2.35.